The zero-order valence-corrected chi connectivity index (χ0v) is 13.5. The highest BCUT2D eigenvalue weighted by Crippen LogP contribution is 2.27. The van der Waals surface area contributed by atoms with Gasteiger partial charge in [-0.25, -0.2) is 4.98 Å². The molecule has 0 radical (unpaired) electrons. The van der Waals surface area contributed by atoms with Crippen molar-refractivity contribution in [2.24, 2.45) is 0 Å². The summed E-state index contributed by atoms with van der Waals surface area (Å²) < 4.78 is 5.16. The summed E-state index contributed by atoms with van der Waals surface area (Å²) in [5, 5.41) is 3.10. The van der Waals surface area contributed by atoms with Crippen LogP contribution >= 0.6 is 23.4 Å². The molecule has 1 aromatic heterocycles. The van der Waals surface area contributed by atoms with E-state index < -0.39 is 5.91 Å². The molecular formula is C14H14ClN3O3S. The first-order valence-corrected chi connectivity index (χ1v) is 8.04. The van der Waals surface area contributed by atoms with Gasteiger partial charge in [-0.05, 0) is 24.5 Å². The first-order chi connectivity index (χ1) is 10.5. The van der Waals surface area contributed by atoms with Crippen LogP contribution < -0.4 is 15.6 Å². The highest BCUT2D eigenvalue weighted by Gasteiger charge is 2.13. The van der Waals surface area contributed by atoms with E-state index >= 15 is 0 Å². The van der Waals surface area contributed by atoms with Crippen molar-refractivity contribution in [2.45, 2.75) is 5.75 Å². The van der Waals surface area contributed by atoms with Crippen LogP contribution in [0.15, 0.2) is 29.1 Å². The predicted octanol–water partition coefficient (Wildman–Crippen LogP) is 2.55. The molecule has 0 atom stereocenters. The smallest absolute Gasteiger partial charge is 0.274 e. The monoisotopic (exact) mass is 339 g/mol. The number of hydrogen-bond acceptors (Lipinski definition) is 5. The van der Waals surface area contributed by atoms with E-state index in [-0.39, 0.29) is 11.3 Å². The minimum atomic E-state index is -0.506. The molecule has 0 fully saturated rings. The quantitative estimate of drug-likeness (QED) is 0.874. The minimum Gasteiger partial charge on any atom is -0.495 e. The SMILES string of the molecule is COc1ccc(Cl)cc1NC(=O)c1cc(=O)[nH]c(CSC)n1. The third-order valence-corrected chi connectivity index (χ3v) is 3.51. The first-order valence-electron chi connectivity index (χ1n) is 6.27. The Labute approximate surface area is 136 Å². The van der Waals surface area contributed by atoms with Crippen LogP contribution in [0, 0.1) is 0 Å². The van der Waals surface area contributed by atoms with E-state index in [1.54, 1.807) is 18.2 Å². The predicted molar refractivity (Wildman–Crippen MR) is 88.0 cm³/mol. The average molecular weight is 340 g/mol. The van der Waals surface area contributed by atoms with E-state index in [0.717, 1.165) is 6.07 Å². The van der Waals surface area contributed by atoms with E-state index in [2.05, 4.69) is 15.3 Å². The number of anilines is 1. The van der Waals surface area contributed by atoms with Gasteiger partial charge in [0.15, 0.2) is 0 Å². The van der Waals surface area contributed by atoms with Crippen LogP contribution in [0.1, 0.15) is 16.3 Å². The van der Waals surface area contributed by atoms with Crippen molar-refractivity contribution >= 4 is 35.0 Å². The molecule has 0 saturated carbocycles. The summed E-state index contributed by atoms with van der Waals surface area (Å²) in [6, 6.07) is 6.00. The number of rotatable bonds is 5. The van der Waals surface area contributed by atoms with Gasteiger partial charge in [0.2, 0.25) is 0 Å². The molecule has 1 heterocycles. The lowest BCUT2D eigenvalue weighted by Gasteiger charge is -2.10. The van der Waals surface area contributed by atoms with Crippen molar-refractivity contribution in [3.8, 4) is 5.75 Å². The Hall–Kier alpha value is -1.99. The number of nitrogens with zero attached hydrogens (tertiary/aromatic N) is 1. The van der Waals surface area contributed by atoms with Gasteiger partial charge in [0.05, 0.1) is 18.6 Å². The number of methoxy groups -OCH3 is 1. The van der Waals surface area contributed by atoms with Crippen LogP contribution in [0.5, 0.6) is 5.75 Å². The summed E-state index contributed by atoms with van der Waals surface area (Å²) in [6.07, 6.45) is 1.88. The van der Waals surface area contributed by atoms with Gasteiger partial charge in [0.1, 0.15) is 17.3 Å². The van der Waals surface area contributed by atoms with Gasteiger partial charge >= 0.3 is 0 Å². The molecule has 2 rings (SSSR count). The third-order valence-electron chi connectivity index (χ3n) is 2.71. The number of benzene rings is 1. The Balaban J connectivity index is 2.29. The summed E-state index contributed by atoms with van der Waals surface area (Å²) in [7, 11) is 1.49. The van der Waals surface area contributed by atoms with Crippen LogP contribution in [-0.4, -0.2) is 29.2 Å². The number of ether oxygens (including phenoxy) is 1. The van der Waals surface area contributed by atoms with Crippen molar-refractivity contribution in [3.05, 3.63) is 51.2 Å². The number of thioether (sulfide) groups is 1. The van der Waals surface area contributed by atoms with Gasteiger partial charge in [-0.15, -0.1) is 0 Å². The summed E-state index contributed by atoms with van der Waals surface area (Å²) in [5.41, 5.74) is 0.0746. The maximum Gasteiger partial charge on any atom is 0.274 e. The molecular weight excluding hydrogens is 326 g/mol. The van der Waals surface area contributed by atoms with E-state index in [1.807, 2.05) is 6.26 Å². The fourth-order valence-corrected chi connectivity index (χ4v) is 2.38. The molecule has 2 aromatic rings. The lowest BCUT2D eigenvalue weighted by Crippen LogP contribution is -2.20. The molecule has 8 heteroatoms. The molecule has 22 heavy (non-hydrogen) atoms. The highest BCUT2D eigenvalue weighted by atomic mass is 35.5. The summed E-state index contributed by atoms with van der Waals surface area (Å²) in [5.74, 6) is 0.917. The second kappa shape index (κ2) is 7.33. The molecule has 1 aromatic carbocycles. The molecule has 0 aliphatic rings. The van der Waals surface area contributed by atoms with Crippen molar-refractivity contribution in [1.29, 1.82) is 0 Å². The Morgan fingerprint density at radius 3 is 2.91 bits per heavy atom. The number of hydrogen-bond donors (Lipinski definition) is 2. The van der Waals surface area contributed by atoms with E-state index in [9.17, 15) is 9.59 Å². The number of H-pyrrole nitrogens is 1. The molecule has 0 unspecified atom stereocenters. The molecule has 0 bridgehead atoms. The number of halogens is 1. The fourth-order valence-electron chi connectivity index (χ4n) is 1.79. The maximum atomic E-state index is 12.3. The number of aromatic amines is 1. The molecule has 1 amide bonds. The van der Waals surface area contributed by atoms with E-state index in [4.69, 9.17) is 16.3 Å². The number of carbonyl (C=O) groups is 1. The number of aromatic nitrogens is 2. The first kappa shape index (κ1) is 16.4. The van der Waals surface area contributed by atoms with Crippen molar-refractivity contribution in [1.82, 2.24) is 9.97 Å². The molecule has 0 aliphatic carbocycles. The van der Waals surface area contributed by atoms with Gasteiger partial charge in [-0.1, -0.05) is 11.6 Å². The zero-order chi connectivity index (χ0) is 16.1. The lowest BCUT2D eigenvalue weighted by molar-refractivity contribution is 0.102. The van der Waals surface area contributed by atoms with Gasteiger partial charge in [0.25, 0.3) is 11.5 Å². The second-order valence-electron chi connectivity index (χ2n) is 4.31. The summed E-state index contributed by atoms with van der Waals surface area (Å²) in [6.45, 7) is 0. The summed E-state index contributed by atoms with van der Waals surface area (Å²) in [4.78, 5) is 30.6. The topological polar surface area (TPSA) is 84.1 Å². The molecule has 0 aliphatic heterocycles. The zero-order valence-electron chi connectivity index (χ0n) is 12.0. The molecule has 0 spiro atoms. The van der Waals surface area contributed by atoms with Gasteiger partial charge < -0.3 is 15.0 Å². The van der Waals surface area contributed by atoms with Gasteiger partial charge in [-0.2, -0.15) is 11.8 Å². The molecule has 2 N–H and O–H groups in total. The van der Waals surface area contributed by atoms with Crippen molar-refractivity contribution in [3.63, 3.8) is 0 Å². The van der Waals surface area contributed by atoms with Crippen LogP contribution in [0.25, 0.3) is 0 Å². The van der Waals surface area contributed by atoms with Crippen molar-refractivity contribution < 1.29 is 9.53 Å². The summed E-state index contributed by atoms with van der Waals surface area (Å²) >= 11 is 7.41. The van der Waals surface area contributed by atoms with Crippen molar-refractivity contribution in [2.75, 3.05) is 18.7 Å². The Morgan fingerprint density at radius 1 is 1.45 bits per heavy atom. The fraction of sp³-hybridized carbons (Fsp3) is 0.214. The minimum absolute atomic E-state index is 0.0369. The molecule has 116 valence electrons. The van der Waals surface area contributed by atoms with E-state index in [1.165, 1.54) is 18.9 Å². The Kier molecular flexibility index (Phi) is 5.46. The number of nitrogens with one attached hydrogen (secondary N) is 2. The van der Waals surface area contributed by atoms with Gasteiger partial charge in [-0.3, -0.25) is 9.59 Å². The second-order valence-corrected chi connectivity index (χ2v) is 5.61. The largest absolute Gasteiger partial charge is 0.495 e. The van der Waals surface area contributed by atoms with Crippen LogP contribution in [0.2, 0.25) is 5.02 Å². The lowest BCUT2D eigenvalue weighted by atomic mass is 10.2. The van der Waals surface area contributed by atoms with Crippen LogP contribution in [-0.2, 0) is 5.75 Å². The Morgan fingerprint density at radius 2 is 2.23 bits per heavy atom. The van der Waals surface area contributed by atoms with Gasteiger partial charge in [0, 0.05) is 11.1 Å². The third kappa shape index (κ3) is 4.02. The number of amides is 1. The molecule has 6 nitrogen and oxygen atoms in total. The standard InChI is InChI=1S/C14H14ClN3O3S/c1-21-11-4-3-8(15)5-9(11)17-14(20)10-6-13(19)18-12(16-10)7-22-2/h3-6H,7H2,1-2H3,(H,17,20)(H,16,18,19). The van der Waals surface area contributed by atoms with E-state index in [0.29, 0.717) is 28.0 Å². The number of carbonyl (C=O) groups excluding carboxylic acids is 1. The normalized spacial score (nSPS) is 10.3. The Bertz CT molecular complexity index is 748. The highest BCUT2D eigenvalue weighted by molar-refractivity contribution is 7.97. The van der Waals surface area contributed by atoms with Crippen LogP contribution in [0.3, 0.4) is 0 Å². The molecule has 0 saturated heterocycles. The maximum absolute atomic E-state index is 12.3. The van der Waals surface area contributed by atoms with Crippen LogP contribution in [0.4, 0.5) is 5.69 Å². The average Bonchev–Trinajstić information content (AvgIpc) is 2.47.